The molecule has 0 atom stereocenters. The maximum Gasteiger partial charge on any atom is 0.261 e. The third-order valence-corrected chi connectivity index (χ3v) is 2.31. The molecule has 1 aromatic heterocycles. The number of fused-ring (bicyclic) bond motifs is 1. The normalized spacial score (nSPS) is 11.9. The summed E-state index contributed by atoms with van der Waals surface area (Å²) in [6, 6.07) is 7.31. The van der Waals surface area contributed by atoms with Gasteiger partial charge in [0.2, 0.25) is 0 Å². The fourth-order valence-corrected chi connectivity index (χ4v) is 1.66. The van der Waals surface area contributed by atoms with Crippen LogP contribution in [-0.2, 0) is 6.54 Å². The summed E-state index contributed by atoms with van der Waals surface area (Å²) in [4.78, 5) is 16.3. The van der Waals surface area contributed by atoms with Gasteiger partial charge in [-0.1, -0.05) is 12.1 Å². The standard InChI is InChI=1S/C12H15N3O/c1-12(2,13)7-15-8-14-10-6-4-3-5-9(10)11(15)16/h3-6,8H,7,13H2,1-2H3. The number of aromatic nitrogens is 2. The van der Waals surface area contributed by atoms with Crippen LogP contribution in [0.4, 0.5) is 0 Å². The number of nitrogens with zero attached hydrogens (tertiary/aromatic N) is 2. The summed E-state index contributed by atoms with van der Waals surface area (Å²) >= 11 is 0. The van der Waals surface area contributed by atoms with Crippen molar-refractivity contribution in [3.63, 3.8) is 0 Å². The van der Waals surface area contributed by atoms with Gasteiger partial charge in [0, 0.05) is 12.1 Å². The van der Waals surface area contributed by atoms with E-state index in [2.05, 4.69) is 4.98 Å². The van der Waals surface area contributed by atoms with Crippen molar-refractivity contribution in [3.05, 3.63) is 40.9 Å². The van der Waals surface area contributed by atoms with Crippen molar-refractivity contribution in [2.24, 2.45) is 5.73 Å². The topological polar surface area (TPSA) is 60.9 Å². The molecule has 0 saturated heterocycles. The molecule has 0 aliphatic heterocycles. The second-order valence-corrected chi connectivity index (χ2v) is 4.68. The summed E-state index contributed by atoms with van der Waals surface area (Å²) < 4.78 is 1.56. The van der Waals surface area contributed by atoms with E-state index in [4.69, 9.17) is 5.73 Å². The Bertz CT molecular complexity index is 566. The maximum absolute atomic E-state index is 12.1. The molecule has 4 heteroatoms. The first-order valence-electron chi connectivity index (χ1n) is 5.20. The van der Waals surface area contributed by atoms with Gasteiger partial charge in [-0.05, 0) is 26.0 Å². The number of nitrogens with two attached hydrogens (primary N) is 1. The molecule has 1 heterocycles. The van der Waals surface area contributed by atoms with Gasteiger partial charge in [0.25, 0.3) is 5.56 Å². The Labute approximate surface area is 93.7 Å². The summed E-state index contributed by atoms with van der Waals surface area (Å²) in [5, 5.41) is 0.634. The number of benzene rings is 1. The van der Waals surface area contributed by atoms with Crippen LogP contribution in [0.1, 0.15) is 13.8 Å². The molecule has 0 amide bonds. The van der Waals surface area contributed by atoms with Crippen molar-refractivity contribution in [2.75, 3.05) is 0 Å². The molecule has 0 bridgehead atoms. The molecule has 0 unspecified atom stereocenters. The van der Waals surface area contributed by atoms with E-state index in [-0.39, 0.29) is 5.56 Å². The van der Waals surface area contributed by atoms with Crippen LogP contribution in [-0.4, -0.2) is 15.1 Å². The fourth-order valence-electron chi connectivity index (χ4n) is 1.66. The van der Waals surface area contributed by atoms with Gasteiger partial charge in [0.05, 0.1) is 17.2 Å². The molecule has 2 N–H and O–H groups in total. The average Bonchev–Trinajstić information content (AvgIpc) is 2.21. The number of para-hydroxylation sites is 1. The largest absolute Gasteiger partial charge is 0.324 e. The Morgan fingerprint density at radius 2 is 2.06 bits per heavy atom. The molecule has 2 aromatic rings. The third kappa shape index (κ3) is 2.12. The van der Waals surface area contributed by atoms with E-state index >= 15 is 0 Å². The smallest absolute Gasteiger partial charge is 0.261 e. The van der Waals surface area contributed by atoms with Crippen molar-refractivity contribution in [1.82, 2.24) is 9.55 Å². The Balaban J connectivity index is 2.57. The molecule has 0 radical (unpaired) electrons. The minimum Gasteiger partial charge on any atom is -0.324 e. The molecule has 2 rings (SSSR count). The van der Waals surface area contributed by atoms with E-state index in [0.717, 1.165) is 5.52 Å². The van der Waals surface area contributed by atoms with E-state index < -0.39 is 5.54 Å². The summed E-state index contributed by atoms with van der Waals surface area (Å²) in [7, 11) is 0. The van der Waals surface area contributed by atoms with E-state index in [1.54, 1.807) is 17.0 Å². The summed E-state index contributed by atoms with van der Waals surface area (Å²) in [6.45, 7) is 4.23. The molecule has 0 spiro atoms. The van der Waals surface area contributed by atoms with Crippen molar-refractivity contribution in [3.8, 4) is 0 Å². The minimum absolute atomic E-state index is 0.0378. The van der Waals surface area contributed by atoms with Gasteiger partial charge < -0.3 is 5.73 Å². The molecular formula is C12H15N3O. The molecule has 4 nitrogen and oxygen atoms in total. The Morgan fingerprint density at radius 3 is 2.75 bits per heavy atom. The third-order valence-electron chi connectivity index (χ3n) is 2.31. The highest BCUT2D eigenvalue weighted by atomic mass is 16.1. The minimum atomic E-state index is -0.423. The van der Waals surface area contributed by atoms with Crippen LogP contribution in [0.15, 0.2) is 35.4 Å². The highest BCUT2D eigenvalue weighted by Gasteiger charge is 2.13. The SMILES string of the molecule is CC(C)(N)Cn1cnc2ccccc2c1=O. The van der Waals surface area contributed by atoms with Crippen LogP contribution in [0.25, 0.3) is 10.9 Å². The lowest BCUT2D eigenvalue weighted by atomic mass is 10.1. The van der Waals surface area contributed by atoms with Gasteiger partial charge >= 0.3 is 0 Å². The summed E-state index contributed by atoms with van der Waals surface area (Å²) in [5.74, 6) is 0. The summed E-state index contributed by atoms with van der Waals surface area (Å²) in [5.41, 5.74) is 6.15. The number of rotatable bonds is 2. The average molecular weight is 217 g/mol. The molecular weight excluding hydrogens is 202 g/mol. The molecule has 84 valence electrons. The lowest BCUT2D eigenvalue weighted by molar-refractivity contribution is 0.425. The zero-order chi connectivity index (χ0) is 11.8. The monoisotopic (exact) mass is 217 g/mol. The highest BCUT2D eigenvalue weighted by Crippen LogP contribution is 2.06. The second kappa shape index (κ2) is 3.72. The van der Waals surface area contributed by atoms with Crippen molar-refractivity contribution >= 4 is 10.9 Å². The lowest BCUT2D eigenvalue weighted by Gasteiger charge is -2.19. The van der Waals surface area contributed by atoms with Crippen LogP contribution in [0.3, 0.4) is 0 Å². The first-order chi connectivity index (χ1) is 7.47. The molecule has 1 aromatic carbocycles. The van der Waals surface area contributed by atoms with Crippen molar-refractivity contribution in [2.45, 2.75) is 25.9 Å². The van der Waals surface area contributed by atoms with Crippen LogP contribution < -0.4 is 11.3 Å². The lowest BCUT2D eigenvalue weighted by Crippen LogP contribution is -2.40. The first-order valence-corrected chi connectivity index (χ1v) is 5.20. The molecule has 16 heavy (non-hydrogen) atoms. The maximum atomic E-state index is 12.1. The number of hydrogen-bond donors (Lipinski definition) is 1. The van der Waals surface area contributed by atoms with E-state index in [0.29, 0.717) is 11.9 Å². The molecule has 0 saturated carbocycles. The molecule has 0 aliphatic rings. The highest BCUT2D eigenvalue weighted by molar-refractivity contribution is 5.76. The van der Waals surface area contributed by atoms with E-state index in [1.165, 1.54) is 0 Å². The predicted octanol–water partition coefficient (Wildman–Crippen LogP) is 1.13. The molecule has 0 aliphatic carbocycles. The Kier molecular flexibility index (Phi) is 2.52. The Morgan fingerprint density at radius 1 is 1.38 bits per heavy atom. The van der Waals surface area contributed by atoms with Gasteiger partial charge in [-0.3, -0.25) is 9.36 Å². The Hall–Kier alpha value is -1.68. The number of hydrogen-bond acceptors (Lipinski definition) is 3. The van der Waals surface area contributed by atoms with Gasteiger partial charge in [0.15, 0.2) is 0 Å². The fraction of sp³-hybridized carbons (Fsp3) is 0.333. The molecule has 0 fully saturated rings. The van der Waals surface area contributed by atoms with E-state index in [1.807, 2.05) is 32.0 Å². The quantitative estimate of drug-likeness (QED) is 0.820. The van der Waals surface area contributed by atoms with Crippen LogP contribution in [0, 0.1) is 0 Å². The van der Waals surface area contributed by atoms with Gasteiger partial charge in [0.1, 0.15) is 0 Å². The predicted molar refractivity (Wildman–Crippen MR) is 64.3 cm³/mol. The zero-order valence-corrected chi connectivity index (χ0v) is 9.47. The van der Waals surface area contributed by atoms with E-state index in [9.17, 15) is 4.79 Å². The van der Waals surface area contributed by atoms with Gasteiger partial charge in [-0.25, -0.2) is 4.98 Å². The van der Waals surface area contributed by atoms with Gasteiger partial charge in [-0.2, -0.15) is 0 Å². The van der Waals surface area contributed by atoms with Crippen LogP contribution in [0.5, 0.6) is 0 Å². The van der Waals surface area contributed by atoms with Crippen molar-refractivity contribution in [1.29, 1.82) is 0 Å². The van der Waals surface area contributed by atoms with Crippen molar-refractivity contribution < 1.29 is 0 Å². The van der Waals surface area contributed by atoms with Crippen LogP contribution in [0.2, 0.25) is 0 Å². The van der Waals surface area contributed by atoms with Gasteiger partial charge in [-0.15, -0.1) is 0 Å². The first kappa shape index (κ1) is 10.8. The summed E-state index contributed by atoms with van der Waals surface area (Å²) in [6.07, 6.45) is 1.55. The van der Waals surface area contributed by atoms with Crippen LogP contribution >= 0.6 is 0 Å². The zero-order valence-electron chi connectivity index (χ0n) is 9.47. The second-order valence-electron chi connectivity index (χ2n) is 4.68.